The minimum absolute atomic E-state index is 0.0771. The summed E-state index contributed by atoms with van der Waals surface area (Å²) < 4.78 is 7.56. The van der Waals surface area contributed by atoms with Gasteiger partial charge in [-0.15, -0.1) is 26.6 Å². The van der Waals surface area contributed by atoms with Crippen LogP contribution in [0, 0.1) is 13.8 Å². The van der Waals surface area contributed by atoms with Gasteiger partial charge in [0.25, 0.3) is 5.89 Å². The van der Waals surface area contributed by atoms with Crippen molar-refractivity contribution in [3.05, 3.63) is 52.7 Å². The molecule has 0 radical (unpaired) electrons. The summed E-state index contributed by atoms with van der Waals surface area (Å²) in [5.74, 6) is 1.09. The number of tetrazole rings is 1. The first-order valence-corrected chi connectivity index (χ1v) is 9.77. The van der Waals surface area contributed by atoms with Crippen LogP contribution in [0.2, 0.25) is 0 Å². The maximum Gasteiger partial charge on any atom is 0.257 e. The van der Waals surface area contributed by atoms with Crippen molar-refractivity contribution in [2.75, 3.05) is 0 Å². The van der Waals surface area contributed by atoms with Gasteiger partial charge in [-0.05, 0) is 54.3 Å². The summed E-state index contributed by atoms with van der Waals surface area (Å²) >= 11 is 3.05. The largest absolute Gasteiger partial charge is 0.419 e. The molecule has 0 N–H and O–H groups in total. The Balaban J connectivity index is 1.58. The van der Waals surface area contributed by atoms with Crippen LogP contribution in [0.5, 0.6) is 0 Å². The Bertz CT molecular complexity index is 1020. The predicted octanol–water partition coefficient (Wildman–Crippen LogP) is 4.24. The van der Waals surface area contributed by atoms with Crippen LogP contribution in [0.25, 0.3) is 16.5 Å². The van der Waals surface area contributed by atoms with Crippen molar-refractivity contribution in [3.8, 4) is 16.5 Å². The molecule has 132 valence electrons. The van der Waals surface area contributed by atoms with E-state index in [1.807, 2.05) is 43.5 Å². The number of rotatable bonds is 5. The number of nitrogens with zero attached hydrogens (tertiary/aromatic N) is 6. The molecule has 0 aliphatic heterocycles. The van der Waals surface area contributed by atoms with E-state index in [0.29, 0.717) is 16.9 Å². The van der Waals surface area contributed by atoms with Crippen LogP contribution in [0.1, 0.15) is 29.2 Å². The van der Waals surface area contributed by atoms with Gasteiger partial charge in [-0.1, -0.05) is 35.5 Å². The van der Waals surface area contributed by atoms with E-state index in [-0.39, 0.29) is 5.25 Å². The lowest BCUT2D eigenvalue weighted by Gasteiger charge is -2.10. The monoisotopic (exact) mass is 384 g/mol. The highest BCUT2D eigenvalue weighted by molar-refractivity contribution is 7.99. The zero-order chi connectivity index (χ0) is 18.1. The minimum atomic E-state index is -0.0771. The fourth-order valence-corrected chi connectivity index (χ4v) is 4.03. The standard InChI is InChI=1S/C17H16N6OS2/c1-10-6-7-13(11(2)9-10)23-17(20-21-22-23)26-12(3)15-18-19-16(24-15)14-5-4-8-25-14/h4-9,12H,1-3H3. The number of hydrogen-bond donors (Lipinski definition) is 0. The Morgan fingerprint density at radius 2 is 2.04 bits per heavy atom. The molecular weight excluding hydrogens is 368 g/mol. The van der Waals surface area contributed by atoms with Gasteiger partial charge < -0.3 is 4.42 Å². The number of benzene rings is 1. The number of thiophene rings is 1. The average molecular weight is 384 g/mol. The molecule has 9 heteroatoms. The predicted molar refractivity (Wildman–Crippen MR) is 101 cm³/mol. The summed E-state index contributed by atoms with van der Waals surface area (Å²) in [6.45, 7) is 6.11. The molecule has 0 aliphatic rings. The Morgan fingerprint density at radius 1 is 1.15 bits per heavy atom. The first-order chi connectivity index (χ1) is 12.6. The van der Waals surface area contributed by atoms with Crippen molar-refractivity contribution in [3.63, 3.8) is 0 Å². The van der Waals surface area contributed by atoms with E-state index in [9.17, 15) is 0 Å². The lowest BCUT2D eigenvalue weighted by atomic mass is 10.1. The molecule has 0 saturated heterocycles. The van der Waals surface area contributed by atoms with Crippen molar-refractivity contribution in [2.45, 2.75) is 31.2 Å². The molecule has 0 aliphatic carbocycles. The van der Waals surface area contributed by atoms with Gasteiger partial charge in [0.15, 0.2) is 0 Å². The van der Waals surface area contributed by atoms with E-state index >= 15 is 0 Å². The van der Waals surface area contributed by atoms with Gasteiger partial charge in [0.05, 0.1) is 15.8 Å². The fraction of sp³-hybridized carbons (Fsp3) is 0.235. The molecule has 3 heterocycles. The van der Waals surface area contributed by atoms with Crippen LogP contribution in [0.4, 0.5) is 0 Å². The van der Waals surface area contributed by atoms with Crippen molar-refractivity contribution >= 4 is 23.1 Å². The molecule has 1 aromatic carbocycles. The molecule has 1 unspecified atom stereocenters. The molecule has 0 spiro atoms. The van der Waals surface area contributed by atoms with Crippen LogP contribution in [0.3, 0.4) is 0 Å². The molecule has 0 fully saturated rings. The number of aryl methyl sites for hydroxylation is 2. The molecule has 0 saturated carbocycles. The van der Waals surface area contributed by atoms with Gasteiger partial charge in [0.1, 0.15) is 0 Å². The molecular formula is C17H16N6OS2. The second kappa shape index (κ2) is 7.00. The second-order valence-corrected chi connectivity index (χ2v) is 8.10. The van der Waals surface area contributed by atoms with Crippen LogP contribution in [0.15, 0.2) is 45.3 Å². The Kier molecular flexibility index (Phi) is 4.56. The van der Waals surface area contributed by atoms with Crippen LogP contribution < -0.4 is 0 Å². The molecule has 0 amide bonds. The quantitative estimate of drug-likeness (QED) is 0.476. The molecule has 4 rings (SSSR count). The van der Waals surface area contributed by atoms with Crippen molar-refractivity contribution in [1.82, 2.24) is 30.4 Å². The average Bonchev–Trinajstić information content (AvgIpc) is 3.36. The highest BCUT2D eigenvalue weighted by atomic mass is 32.2. The van der Waals surface area contributed by atoms with E-state index in [1.54, 1.807) is 16.0 Å². The van der Waals surface area contributed by atoms with Gasteiger partial charge in [-0.3, -0.25) is 0 Å². The summed E-state index contributed by atoms with van der Waals surface area (Å²) in [7, 11) is 0. The highest BCUT2D eigenvalue weighted by Crippen LogP contribution is 2.35. The maximum atomic E-state index is 5.81. The highest BCUT2D eigenvalue weighted by Gasteiger charge is 2.21. The zero-order valence-corrected chi connectivity index (χ0v) is 16.1. The Morgan fingerprint density at radius 3 is 2.81 bits per heavy atom. The molecule has 4 aromatic rings. The molecule has 7 nitrogen and oxygen atoms in total. The summed E-state index contributed by atoms with van der Waals surface area (Å²) in [4.78, 5) is 0.959. The maximum absolute atomic E-state index is 5.81. The van der Waals surface area contributed by atoms with Crippen molar-refractivity contribution < 1.29 is 4.42 Å². The van der Waals surface area contributed by atoms with Gasteiger partial charge in [-0.25, -0.2) is 0 Å². The van der Waals surface area contributed by atoms with E-state index < -0.39 is 0 Å². The van der Waals surface area contributed by atoms with E-state index in [2.05, 4.69) is 38.7 Å². The van der Waals surface area contributed by atoms with Crippen molar-refractivity contribution in [1.29, 1.82) is 0 Å². The third-order valence-corrected chi connectivity index (χ3v) is 5.70. The van der Waals surface area contributed by atoms with Crippen LogP contribution in [-0.4, -0.2) is 30.4 Å². The third kappa shape index (κ3) is 3.27. The number of aromatic nitrogens is 6. The SMILES string of the molecule is Cc1ccc(-n2nnnc2SC(C)c2nnc(-c3cccs3)o2)c(C)c1. The second-order valence-electron chi connectivity index (χ2n) is 5.85. The van der Waals surface area contributed by atoms with Crippen molar-refractivity contribution in [2.24, 2.45) is 0 Å². The van der Waals surface area contributed by atoms with Crippen LogP contribution >= 0.6 is 23.1 Å². The Labute approximate surface area is 158 Å². The summed E-state index contributed by atoms with van der Waals surface area (Å²) in [5.41, 5.74) is 3.28. The third-order valence-electron chi connectivity index (χ3n) is 3.82. The number of hydrogen-bond acceptors (Lipinski definition) is 8. The molecule has 3 aromatic heterocycles. The lowest BCUT2D eigenvalue weighted by Crippen LogP contribution is -2.02. The zero-order valence-electron chi connectivity index (χ0n) is 14.4. The van der Waals surface area contributed by atoms with Crippen LogP contribution in [-0.2, 0) is 0 Å². The molecule has 1 atom stereocenters. The first kappa shape index (κ1) is 16.9. The van der Waals surface area contributed by atoms with Gasteiger partial charge in [0, 0.05) is 0 Å². The molecule has 26 heavy (non-hydrogen) atoms. The smallest absolute Gasteiger partial charge is 0.257 e. The Hall–Kier alpha value is -2.52. The fourth-order valence-electron chi connectivity index (χ4n) is 2.55. The van der Waals surface area contributed by atoms with E-state index in [0.717, 1.165) is 16.1 Å². The number of thioether (sulfide) groups is 1. The lowest BCUT2D eigenvalue weighted by molar-refractivity contribution is 0.510. The van der Waals surface area contributed by atoms with E-state index in [4.69, 9.17) is 4.42 Å². The first-order valence-electron chi connectivity index (χ1n) is 8.02. The summed E-state index contributed by atoms with van der Waals surface area (Å²) in [6.07, 6.45) is 0. The molecule has 0 bridgehead atoms. The van der Waals surface area contributed by atoms with Gasteiger partial charge in [0.2, 0.25) is 11.0 Å². The minimum Gasteiger partial charge on any atom is -0.419 e. The van der Waals surface area contributed by atoms with Gasteiger partial charge >= 0.3 is 0 Å². The topological polar surface area (TPSA) is 82.5 Å². The van der Waals surface area contributed by atoms with E-state index in [1.165, 1.54) is 17.3 Å². The van der Waals surface area contributed by atoms with Gasteiger partial charge in [-0.2, -0.15) is 4.68 Å². The summed E-state index contributed by atoms with van der Waals surface area (Å²) in [6, 6.07) is 10.1. The normalized spacial score (nSPS) is 12.4. The summed E-state index contributed by atoms with van der Waals surface area (Å²) in [5, 5.41) is 23.0.